The maximum atomic E-state index is 11.4. The van der Waals surface area contributed by atoms with Gasteiger partial charge < -0.3 is 10.1 Å². The Morgan fingerprint density at radius 2 is 1.84 bits per heavy atom. The SMILES string of the molecule is CC(=O)Oc1ccc(NC(=O)CCl)c2ccccc12. The summed E-state index contributed by atoms with van der Waals surface area (Å²) in [4.78, 5) is 22.4. The van der Waals surface area contributed by atoms with Gasteiger partial charge in [0.05, 0.1) is 0 Å². The fraction of sp³-hybridized carbons (Fsp3) is 0.143. The molecule has 0 spiro atoms. The van der Waals surface area contributed by atoms with Gasteiger partial charge in [-0.25, -0.2) is 0 Å². The number of anilines is 1. The number of alkyl halides is 1. The summed E-state index contributed by atoms with van der Waals surface area (Å²) in [6.07, 6.45) is 0. The van der Waals surface area contributed by atoms with E-state index in [4.69, 9.17) is 16.3 Å². The van der Waals surface area contributed by atoms with Gasteiger partial charge in [-0.15, -0.1) is 11.6 Å². The molecule has 0 saturated carbocycles. The molecule has 0 heterocycles. The van der Waals surface area contributed by atoms with Crippen molar-refractivity contribution in [1.29, 1.82) is 0 Å². The van der Waals surface area contributed by atoms with Crippen molar-refractivity contribution in [2.24, 2.45) is 0 Å². The molecule has 0 bridgehead atoms. The quantitative estimate of drug-likeness (QED) is 0.533. The van der Waals surface area contributed by atoms with Crippen molar-refractivity contribution < 1.29 is 14.3 Å². The molecular weight excluding hydrogens is 266 g/mol. The number of carbonyl (C=O) groups excluding carboxylic acids is 2. The zero-order valence-electron chi connectivity index (χ0n) is 10.3. The van der Waals surface area contributed by atoms with Crippen molar-refractivity contribution in [3.8, 4) is 5.75 Å². The summed E-state index contributed by atoms with van der Waals surface area (Å²) in [6.45, 7) is 1.35. The third-order valence-electron chi connectivity index (χ3n) is 2.53. The van der Waals surface area contributed by atoms with Gasteiger partial charge in [0, 0.05) is 23.4 Å². The van der Waals surface area contributed by atoms with E-state index < -0.39 is 0 Å². The second-order valence-corrected chi connectivity index (χ2v) is 4.20. The number of ether oxygens (including phenoxy) is 1. The predicted molar refractivity (Wildman–Crippen MR) is 74.6 cm³/mol. The summed E-state index contributed by atoms with van der Waals surface area (Å²) >= 11 is 5.47. The Labute approximate surface area is 115 Å². The van der Waals surface area contributed by atoms with E-state index in [0.29, 0.717) is 11.4 Å². The Kier molecular flexibility index (Phi) is 4.02. The van der Waals surface area contributed by atoms with E-state index in [1.54, 1.807) is 12.1 Å². The van der Waals surface area contributed by atoms with E-state index in [0.717, 1.165) is 10.8 Å². The number of benzene rings is 2. The molecule has 98 valence electrons. The van der Waals surface area contributed by atoms with E-state index >= 15 is 0 Å². The Hall–Kier alpha value is -2.07. The Bertz CT molecular complexity index is 640. The molecule has 19 heavy (non-hydrogen) atoms. The summed E-state index contributed by atoms with van der Waals surface area (Å²) in [5.74, 6) is -0.318. The molecule has 0 aliphatic rings. The van der Waals surface area contributed by atoms with Crippen molar-refractivity contribution in [1.82, 2.24) is 0 Å². The molecule has 1 amide bonds. The van der Waals surface area contributed by atoms with Crippen LogP contribution in [0.3, 0.4) is 0 Å². The maximum absolute atomic E-state index is 11.4. The number of hydrogen-bond acceptors (Lipinski definition) is 3. The van der Waals surface area contributed by atoms with Crippen molar-refractivity contribution in [3.63, 3.8) is 0 Å². The lowest BCUT2D eigenvalue weighted by molar-refractivity contribution is -0.131. The normalized spacial score (nSPS) is 10.2. The zero-order chi connectivity index (χ0) is 13.8. The van der Waals surface area contributed by atoms with Gasteiger partial charge in [0.2, 0.25) is 5.91 Å². The number of amides is 1. The average molecular weight is 278 g/mol. The monoisotopic (exact) mass is 277 g/mol. The van der Waals surface area contributed by atoms with E-state index in [1.165, 1.54) is 6.92 Å². The first kappa shape index (κ1) is 13.4. The lowest BCUT2D eigenvalue weighted by atomic mass is 10.1. The average Bonchev–Trinajstić information content (AvgIpc) is 2.41. The Morgan fingerprint density at radius 1 is 1.16 bits per heavy atom. The Morgan fingerprint density at radius 3 is 2.47 bits per heavy atom. The fourth-order valence-electron chi connectivity index (χ4n) is 1.81. The second kappa shape index (κ2) is 5.71. The highest BCUT2D eigenvalue weighted by molar-refractivity contribution is 6.29. The lowest BCUT2D eigenvalue weighted by Gasteiger charge is -2.11. The van der Waals surface area contributed by atoms with E-state index in [9.17, 15) is 9.59 Å². The summed E-state index contributed by atoms with van der Waals surface area (Å²) in [6, 6.07) is 10.7. The van der Waals surface area contributed by atoms with Gasteiger partial charge in [0.25, 0.3) is 0 Å². The van der Waals surface area contributed by atoms with Crippen LogP contribution in [0, 0.1) is 0 Å². The van der Waals surface area contributed by atoms with Crippen molar-refractivity contribution in [2.75, 3.05) is 11.2 Å². The van der Waals surface area contributed by atoms with E-state index in [-0.39, 0.29) is 17.8 Å². The number of halogens is 1. The fourth-order valence-corrected chi connectivity index (χ4v) is 1.87. The molecule has 2 rings (SSSR count). The molecule has 0 aliphatic carbocycles. The van der Waals surface area contributed by atoms with Crippen LogP contribution in [0.1, 0.15) is 6.92 Å². The molecule has 2 aromatic rings. The third kappa shape index (κ3) is 3.03. The van der Waals surface area contributed by atoms with Gasteiger partial charge >= 0.3 is 5.97 Å². The van der Waals surface area contributed by atoms with E-state index in [2.05, 4.69) is 5.32 Å². The topological polar surface area (TPSA) is 55.4 Å². The Balaban J connectivity index is 2.51. The zero-order valence-corrected chi connectivity index (χ0v) is 11.0. The maximum Gasteiger partial charge on any atom is 0.308 e. The molecular formula is C14H12ClNO3. The summed E-state index contributed by atoms with van der Waals surface area (Å²) in [7, 11) is 0. The summed E-state index contributed by atoms with van der Waals surface area (Å²) in [5.41, 5.74) is 0.636. The van der Waals surface area contributed by atoms with Crippen LogP contribution in [0.4, 0.5) is 5.69 Å². The largest absolute Gasteiger partial charge is 0.426 e. The van der Waals surface area contributed by atoms with Crippen LogP contribution in [0.15, 0.2) is 36.4 Å². The van der Waals surface area contributed by atoms with Crippen LogP contribution in [0.25, 0.3) is 10.8 Å². The number of rotatable bonds is 3. The van der Waals surface area contributed by atoms with Crippen LogP contribution < -0.4 is 10.1 Å². The molecule has 2 aromatic carbocycles. The van der Waals surface area contributed by atoms with Crippen LogP contribution >= 0.6 is 11.6 Å². The highest BCUT2D eigenvalue weighted by Gasteiger charge is 2.09. The van der Waals surface area contributed by atoms with Gasteiger partial charge in [-0.1, -0.05) is 24.3 Å². The first-order chi connectivity index (χ1) is 9.11. The highest BCUT2D eigenvalue weighted by Crippen LogP contribution is 2.31. The molecule has 0 radical (unpaired) electrons. The second-order valence-electron chi connectivity index (χ2n) is 3.93. The first-order valence-electron chi connectivity index (χ1n) is 5.68. The van der Waals surface area contributed by atoms with Crippen LogP contribution in [-0.4, -0.2) is 17.8 Å². The molecule has 0 fully saturated rings. The molecule has 0 saturated heterocycles. The molecule has 0 aliphatic heterocycles. The summed E-state index contributed by atoms with van der Waals surface area (Å²) < 4.78 is 5.14. The summed E-state index contributed by atoms with van der Waals surface area (Å²) in [5, 5.41) is 4.25. The number of nitrogens with one attached hydrogen (secondary N) is 1. The van der Waals surface area contributed by atoms with Gasteiger partial charge in [-0.2, -0.15) is 0 Å². The van der Waals surface area contributed by atoms with Gasteiger partial charge in [0.15, 0.2) is 0 Å². The van der Waals surface area contributed by atoms with Crippen molar-refractivity contribution in [2.45, 2.75) is 6.92 Å². The van der Waals surface area contributed by atoms with Crippen molar-refractivity contribution >= 4 is 39.9 Å². The number of hydrogen-bond donors (Lipinski definition) is 1. The standard InChI is InChI=1S/C14H12ClNO3/c1-9(17)19-13-7-6-12(16-14(18)8-15)10-4-2-3-5-11(10)13/h2-7H,8H2,1H3,(H,16,18). The smallest absolute Gasteiger partial charge is 0.308 e. The highest BCUT2D eigenvalue weighted by atomic mass is 35.5. The van der Waals surface area contributed by atoms with E-state index in [1.807, 2.05) is 24.3 Å². The molecule has 0 aromatic heterocycles. The van der Waals surface area contributed by atoms with Gasteiger partial charge in [-0.3, -0.25) is 9.59 Å². The number of esters is 1. The lowest BCUT2D eigenvalue weighted by Crippen LogP contribution is -2.13. The predicted octanol–water partition coefficient (Wildman–Crippen LogP) is 2.94. The molecule has 4 nitrogen and oxygen atoms in total. The minimum absolute atomic E-state index is 0.111. The van der Waals surface area contributed by atoms with Crippen molar-refractivity contribution in [3.05, 3.63) is 36.4 Å². The number of fused-ring (bicyclic) bond motifs is 1. The minimum atomic E-state index is -0.386. The van der Waals surface area contributed by atoms with Gasteiger partial charge in [-0.05, 0) is 12.1 Å². The minimum Gasteiger partial charge on any atom is -0.426 e. The number of carbonyl (C=O) groups is 2. The van der Waals surface area contributed by atoms with Gasteiger partial charge in [0.1, 0.15) is 11.6 Å². The molecule has 0 atom stereocenters. The third-order valence-corrected chi connectivity index (χ3v) is 2.78. The molecule has 5 heteroatoms. The molecule has 1 N–H and O–H groups in total. The van der Waals surface area contributed by atoms with Crippen LogP contribution in [0.5, 0.6) is 5.75 Å². The van der Waals surface area contributed by atoms with Crippen LogP contribution in [-0.2, 0) is 9.59 Å². The first-order valence-corrected chi connectivity index (χ1v) is 6.21. The van der Waals surface area contributed by atoms with Crippen LogP contribution in [0.2, 0.25) is 0 Å². The molecule has 0 unspecified atom stereocenters.